The molecule has 0 bridgehead atoms. The molecule has 12 nitrogen and oxygen atoms in total. The molecule has 0 aromatic heterocycles. The summed E-state index contributed by atoms with van der Waals surface area (Å²) in [6.07, 6.45) is 51.1. The Morgan fingerprint density at radius 1 is 0.411 bits per heavy atom. The number of hydrogen-bond acceptors (Lipinski definition) is 8. The van der Waals surface area contributed by atoms with Gasteiger partial charge in [-0.25, -0.2) is 9.59 Å². The zero-order valence-corrected chi connectivity index (χ0v) is 57.2. The molecule has 0 aliphatic heterocycles. The Labute approximate surface area is 545 Å². The molecule has 12 heteroatoms. The van der Waals surface area contributed by atoms with Crippen LogP contribution in [0.4, 0.5) is 0 Å². The number of esters is 2. The lowest BCUT2D eigenvalue weighted by Gasteiger charge is -2.38. The van der Waals surface area contributed by atoms with E-state index in [-0.39, 0.29) is 47.8 Å². The van der Waals surface area contributed by atoms with Crippen molar-refractivity contribution in [2.24, 2.45) is 71.0 Å². The van der Waals surface area contributed by atoms with Gasteiger partial charge in [0.25, 0.3) is 0 Å². The number of ether oxygens (including phenoxy) is 2. The molecule has 12 saturated carbocycles. The number of carbonyl (C=O) groups is 6. The predicted octanol–water partition coefficient (Wildman–Crippen LogP) is 16.6. The fourth-order valence-electron chi connectivity index (χ4n) is 19.4. The minimum Gasteiger partial charge on any atom is -0.459 e. The molecule has 0 aromatic carbocycles. The largest absolute Gasteiger partial charge is 0.459 e. The van der Waals surface area contributed by atoms with Crippen LogP contribution >= 0.6 is 0 Å². The number of likely N-dealkylation sites (N-methyl/N-ethyl adjacent to an activating group) is 2. The van der Waals surface area contributed by atoms with Crippen molar-refractivity contribution in [3.63, 3.8) is 0 Å². The van der Waals surface area contributed by atoms with Gasteiger partial charge >= 0.3 is 11.9 Å². The van der Waals surface area contributed by atoms with Gasteiger partial charge in [0.15, 0.2) is 0 Å². The number of rotatable bonds is 13. The molecular weight excluding hydrogens is 1120 g/mol. The molecule has 0 radical (unpaired) electrons. The lowest BCUT2D eigenvalue weighted by molar-refractivity contribution is -0.147. The highest BCUT2D eigenvalue weighted by atomic mass is 16.5. The van der Waals surface area contributed by atoms with E-state index in [0.29, 0.717) is 40.9 Å². The molecule has 4 amide bonds. The number of hydrogen-bond donors (Lipinski definition) is 2. The molecule has 2 N–H and O–H groups in total. The molecule has 12 fully saturated rings. The maximum atomic E-state index is 12.1. The molecule has 18 atom stereocenters. The lowest BCUT2D eigenvalue weighted by atomic mass is 9.78. The van der Waals surface area contributed by atoms with Crippen molar-refractivity contribution in [3.05, 3.63) is 74.4 Å². The van der Waals surface area contributed by atoms with Gasteiger partial charge in [-0.05, 0) is 226 Å². The maximum Gasteiger partial charge on any atom is 0.333 e. The van der Waals surface area contributed by atoms with Crippen LogP contribution in [-0.2, 0) is 38.2 Å². The van der Waals surface area contributed by atoms with Gasteiger partial charge in [-0.3, -0.25) is 19.2 Å². The molecular formula is C78H124N4O8. The monoisotopic (exact) mass is 1240 g/mol. The third kappa shape index (κ3) is 21.7. The van der Waals surface area contributed by atoms with Crippen LogP contribution in [0.25, 0.3) is 0 Å². The summed E-state index contributed by atoms with van der Waals surface area (Å²) in [7, 11) is 1.92. The number of fused-ring (bicyclic) bond motifs is 6. The third-order valence-corrected chi connectivity index (χ3v) is 24.4. The highest BCUT2D eigenvalue weighted by Gasteiger charge is 2.41. The van der Waals surface area contributed by atoms with Gasteiger partial charge in [0.05, 0.1) is 0 Å². The van der Waals surface area contributed by atoms with Crippen LogP contribution in [-0.4, -0.2) is 95.3 Å². The average Bonchev–Trinajstić information content (AvgIpc) is 2.60. The number of carbonyl (C=O) groups excluding carboxylic acids is 6. The first-order chi connectivity index (χ1) is 43.3. The van der Waals surface area contributed by atoms with E-state index in [1.54, 1.807) is 13.8 Å². The topological polar surface area (TPSA) is 151 Å². The van der Waals surface area contributed by atoms with Crippen molar-refractivity contribution in [2.75, 3.05) is 13.6 Å². The zero-order chi connectivity index (χ0) is 64.9. The predicted molar refractivity (Wildman–Crippen MR) is 364 cm³/mol. The Balaban J connectivity index is 0.000000154. The average molecular weight is 1250 g/mol. The van der Waals surface area contributed by atoms with Crippen molar-refractivity contribution in [1.82, 2.24) is 20.4 Å². The van der Waals surface area contributed by atoms with Crippen LogP contribution in [0.1, 0.15) is 259 Å². The van der Waals surface area contributed by atoms with Gasteiger partial charge in [-0.15, -0.1) is 0 Å². The van der Waals surface area contributed by atoms with Gasteiger partial charge < -0.3 is 29.9 Å². The quantitative estimate of drug-likeness (QED) is 0.137. The Bertz CT molecular complexity index is 2320. The van der Waals surface area contributed by atoms with E-state index in [2.05, 4.69) is 61.9 Å². The van der Waals surface area contributed by atoms with E-state index in [0.717, 1.165) is 103 Å². The minimum absolute atomic E-state index is 0.00792. The Kier molecular flexibility index (Phi) is 29.6. The highest BCUT2D eigenvalue weighted by Crippen LogP contribution is 2.48. The molecule has 90 heavy (non-hydrogen) atoms. The van der Waals surface area contributed by atoms with Crippen molar-refractivity contribution in [2.45, 2.75) is 295 Å². The van der Waals surface area contributed by atoms with Crippen LogP contribution in [0, 0.1) is 71.0 Å². The summed E-state index contributed by atoms with van der Waals surface area (Å²) in [5, 5.41) is 6.12. The first-order valence-corrected chi connectivity index (χ1v) is 36.7. The first kappa shape index (κ1) is 72.7. The molecule has 0 heterocycles. The SMILES string of the molecule is C=C(C)C(=O)N(CC)C1CCC2CCCC2C1.C=C(C)C(=O)NC1CCC2CCCC2C1.C=C(C)C(=O)OC1CCC2CCCC2C1.C=CC(=O)N(C)C1CCC2CCCC2C1.C=CC(=O)NC1CCC2CCCC2C1.C=CC(=O)OC1CCC2CCCC2C1. The normalized spacial score (nSPS) is 34.6. The van der Waals surface area contributed by atoms with Gasteiger partial charge in [0.2, 0.25) is 23.6 Å². The number of amides is 4. The second kappa shape index (κ2) is 36.6. The first-order valence-electron chi connectivity index (χ1n) is 36.7. The Morgan fingerprint density at radius 2 is 0.789 bits per heavy atom. The van der Waals surface area contributed by atoms with E-state index in [1.165, 1.54) is 224 Å². The van der Waals surface area contributed by atoms with E-state index in [4.69, 9.17) is 9.47 Å². The molecule has 18 unspecified atom stereocenters. The second-order valence-corrected chi connectivity index (χ2v) is 30.3. The number of nitrogens with one attached hydrogen (secondary N) is 2. The molecule has 0 saturated heterocycles. The molecule has 0 spiro atoms. The number of nitrogens with zero attached hydrogens (tertiary/aromatic N) is 2. The molecule has 504 valence electrons. The fourth-order valence-corrected chi connectivity index (χ4v) is 19.4. The van der Waals surface area contributed by atoms with Crippen molar-refractivity contribution < 1.29 is 38.2 Å². The minimum atomic E-state index is -0.258. The summed E-state index contributed by atoms with van der Waals surface area (Å²) in [6.45, 7) is 29.8. The lowest BCUT2D eigenvalue weighted by Crippen LogP contribution is -2.44. The van der Waals surface area contributed by atoms with E-state index in [9.17, 15) is 28.8 Å². The van der Waals surface area contributed by atoms with E-state index < -0.39 is 0 Å². The van der Waals surface area contributed by atoms with Crippen molar-refractivity contribution in [1.29, 1.82) is 0 Å². The maximum absolute atomic E-state index is 12.1. The van der Waals surface area contributed by atoms with Crippen LogP contribution in [0.2, 0.25) is 0 Å². The van der Waals surface area contributed by atoms with Gasteiger partial charge in [-0.1, -0.05) is 155 Å². The summed E-state index contributed by atoms with van der Waals surface area (Å²) in [6, 6.07) is 1.77. The Hall–Kier alpha value is -4.74. The highest BCUT2D eigenvalue weighted by molar-refractivity contribution is 5.93. The van der Waals surface area contributed by atoms with Crippen LogP contribution in [0.15, 0.2) is 74.4 Å². The Morgan fingerprint density at radius 3 is 1.19 bits per heavy atom. The van der Waals surface area contributed by atoms with Crippen LogP contribution in [0.3, 0.4) is 0 Å². The van der Waals surface area contributed by atoms with Gasteiger partial charge in [-0.2, -0.15) is 0 Å². The van der Waals surface area contributed by atoms with E-state index in [1.807, 2.05) is 18.9 Å². The summed E-state index contributed by atoms with van der Waals surface area (Å²) in [5.41, 5.74) is 1.83. The third-order valence-electron chi connectivity index (χ3n) is 24.4. The smallest absolute Gasteiger partial charge is 0.333 e. The molecule has 12 aliphatic rings. The molecule has 12 aliphatic carbocycles. The zero-order valence-electron chi connectivity index (χ0n) is 57.2. The molecule has 0 aromatic rings. The van der Waals surface area contributed by atoms with Crippen LogP contribution < -0.4 is 10.6 Å². The summed E-state index contributed by atoms with van der Waals surface area (Å²) >= 11 is 0. The summed E-state index contributed by atoms with van der Waals surface area (Å²) in [5.74, 6) is 10.7. The fraction of sp³-hybridized carbons (Fsp3) is 0.769. The van der Waals surface area contributed by atoms with Crippen molar-refractivity contribution >= 4 is 35.6 Å². The second-order valence-electron chi connectivity index (χ2n) is 30.3. The molecule has 12 rings (SSSR count). The summed E-state index contributed by atoms with van der Waals surface area (Å²) < 4.78 is 10.7. The van der Waals surface area contributed by atoms with Crippen LogP contribution in [0.5, 0.6) is 0 Å². The standard InChI is InChI=1S/C15H25NO.2C13H21NO.C13H20O2.C12H19NO.C12H18O2/c1-4-16(15(17)11(2)3)14-9-8-12-6-5-7-13(12)10-14;1-9(2)13(15)14-12-7-6-10-4-3-5-11(10)8-12;1-3-13(15)14(2)12-8-7-10-5-4-6-11(10)9-12;1-9(2)13(14)15-12-7-6-10-4-3-5-11(10)8-12;1-2-12(14)13-11-7-6-9-4-3-5-10(9)8-11;1-2-12(13)14-11-7-6-9-4-3-5-10(9)8-11/h12-14H,2,4-10H2,1,3H3;10-12H,1,3-8H2,2H3,(H,14,15);3,10-12H,1,4-9H2,2H3;10-12H,1,3-8H2,2H3;2,9-11H,1,3-8H2,(H,13,14);2,9-11H,1,3-8H2. The van der Waals surface area contributed by atoms with Gasteiger partial charge in [0.1, 0.15) is 12.2 Å². The van der Waals surface area contributed by atoms with E-state index >= 15 is 0 Å². The van der Waals surface area contributed by atoms with Crippen molar-refractivity contribution in [3.8, 4) is 0 Å². The van der Waals surface area contributed by atoms with Gasteiger partial charge in [0, 0.05) is 60.6 Å². The summed E-state index contributed by atoms with van der Waals surface area (Å²) in [4.78, 5) is 72.6.